The zero-order valence-electron chi connectivity index (χ0n) is 18.4. The number of carbonyl (C=O) groups excluding carboxylic acids is 2. The first-order valence-corrected chi connectivity index (χ1v) is 11.5. The number of ketones is 1. The number of unbranched alkanes of at least 4 members (excludes halogenated alkanes) is 2. The number of aliphatic hydroxyl groups is 1. The van der Waals surface area contributed by atoms with Gasteiger partial charge in [-0.15, -0.1) is 0 Å². The molecular formula is C24H40O4. The third-order valence-corrected chi connectivity index (χ3v) is 8.76. The lowest BCUT2D eigenvalue weighted by molar-refractivity contribution is -0.161. The Bertz CT molecular complexity index is 601. The van der Waals surface area contributed by atoms with Crippen LogP contribution in [-0.2, 0) is 14.3 Å². The van der Waals surface area contributed by atoms with Crippen molar-refractivity contribution in [3.05, 3.63) is 0 Å². The van der Waals surface area contributed by atoms with Crippen molar-refractivity contribution in [3.8, 4) is 0 Å². The predicted octanol–water partition coefficient (Wildman–Crippen LogP) is 5.06. The molecule has 4 nitrogen and oxygen atoms in total. The topological polar surface area (TPSA) is 63.6 Å². The lowest BCUT2D eigenvalue weighted by Gasteiger charge is -2.59. The van der Waals surface area contributed by atoms with Crippen LogP contribution in [0.5, 0.6) is 0 Å². The van der Waals surface area contributed by atoms with Crippen LogP contribution in [0.2, 0.25) is 0 Å². The Morgan fingerprint density at radius 1 is 1.18 bits per heavy atom. The van der Waals surface area contributed by atoms with Gasteiger partial charge in [0.25, 0.3) is 0 Å². The zero-order chi connectivity index (χ0) is 20.6. The van der Waals surface area contributed by atoms with Crippen molar-refractivity contribution in [2.75, 3.05) is 7.11 Å². The first kappa shape index (κ1) is 21.8. The molecule has 0 aliphatic heterocycles. The maximum Gasteiger partial charge on any atom is 0.305 e. The highest BCUT2D eigenvalue weighted by Gasteiger charge is 2.61. The number of Topliss-reactive ketones (excluding diaryl/α,β-unsaturated/α-hetero) is 1. The second-order valence-corrected chi connectivity index (χ2v) is 10.6. The van der Waals surface area contributed by atoms with Gasteiger partial charge in [-0.05, 0) is 68.1 Å². The van der Waals surface area contributed by atoms with Gasteiger partial charge in [0.1, 0.15) is 5.78 Å². The van der Waals surface area contributed by atoms with Gasteiger partial charge in [0.05, 0.1) is 12.7 Å². The number of carbonyl (C=O) groups is 2. The van der Waals surface area contributed by atoms with Crippen LogP contribution in [-0.4, -0.2) is 29.6 Å². The predicted molar refractivity (Wildman–Crippen MR) is 110 cm³/mol. The van der Waals surface area contributed by atoms with Crippen LogP contribution in [0.25, 0.3) is 0 Å². The normalized spacial score (nSPS) is 42.8. The van der Waals surface area contributed by atoms with Crippen molar-refractivity contribution < 1.29 is 19.4 Å². The summed E-state index contributed by atoms with van der Waals surface area (Å²) in [6.45, 7) is 6.66. The lowest BCUT2D eigenvalue weighted by atomic mass is 9.46. The molecule has 3 fully saturated rings. The van der Waals surface area contributed by atoms with Gasteiger partial charge >= 0.3 is 5.97 Å². The summed E-state index contributed by atoms with van der Waals surface area (Å²) in [5, 5.41) is 11.7. The van der Waals surface area contributed by atoms with Crippen molar-refractivity contribution in [1.82, 2.24) is 0 Å². The van der Waals surface area contributed by atoms with E-state index >= 15 is 0 Å². The van der Waals surface area contributed by atoms with Crippen molar-refractivity contribution in [3.63, 3.8) is 0 Å². The van der Waals surface area contributed by atoms with Crippen molar-refractivity contribution >= 4 is 11.8 Å². The smallest absolute Gasteiger partial charge is 0.305 e. The Hall–Kier alpha value is -0.900. The van der Waals surface area contributed by atoms with E-state index in [1.54, 1.807) is 0 Å². The maximum atomic E-state index is 12.7. The van der Waals surface area contributed by atoms with Gasteiger partial charge in [-0.2, -0.15) is 0 Å². The molecule has 3 aliphatic rings. The van der Waals surface area contributed by atoms with Crippen LogP contribution < -0.4 is 0 Å². The van der Waals surface area contributed by atoms with Crippen LogP contribution in [0, 0.1) is 28.6 Å². The first-order chi connectivity index (χ1) is 13.2. The second-order valence-electron chi connectivity index (χ2n) is 10.6. The van der Waals surface area contributed by atoms with Crippen molar-refractivity contribution in [2.24, 2.45) is 28.6 Å². The fourth-order valence-electron chi connectivity index (χ4n) is 7.26. The molecule has 0 spiro atoms. The Morgan fingerprint density at radius 3 is 2.61 bits per heavy atom. The molecule has 0 heterocycles. The van der Waals surface area contributed by atoms with E-state index in [2.05, 4.69) is 20.8 Å². The highest BCUT2D eigenvalue weighted by molar-refractivity contribution is 5.87. The summed E-state index contributed by atoms with van der Waals surface area (Å²) in [7, 11) is 1.45. The summed E-state index contributed by atoms with van der Waals surface area (Å²) in [5.74, 6) is 1.57. The molecule has 3 rings (SSSR count). The number of hydrogen-bond donors (Lipinski definition) is 1. The molecule has 6 atom stereocenters. The number of hydrogen-bond acceptors (Lipinski definition) is 4. The SMILES string of the molecule is CCCCC[C@@]1(O)C[C@@H]2[C@H](CC[C@]3(C)C(=O)CC[C@@H]23)[C@@](C)(CCC(=O)OC)C1. The van der Waals surface area contributed by atoms with Gasteiger partial charge in [0.15, 0.2) is 0 Å². The minimum absolute atomic E-state index is 0.0644. The lowest BCUT2D eigenvalue weighted by Crippen LogP contribution is -2.55. The molecule has 0 bridgehead atoms. The highest BCUT2D eigenvalue weighted by Crippen LogP contribution is 2.64. The molecule has 28 heavy (non-hydrogen) atoms. The van der Waals surface area contributed by atoms with E-state index in [4.69, 9.17) is 4.74 Å². The molecule has 4 heteroatoms. The van der Waals surface area contributed by atoms with Crippen LogP contribution in [0.3, 0.4) is 0 Å². The summed E-state index contributed by atoms with van der Waals surface area (Å²) in [4.78, 5) is 24.5. The van der Waals surface area contributed by atoms with E-state index in [1.165, 1.54) is 7.11 Å². The maximum absolute atomic E-state index is 12.7. The summed E-state index contributed by atoms with van der Waals surface area (Å²) in [6.07, 6.45) is 10.7. The average Bonchev–Trinajstić information content (AvgIpc) is 2.95. The first-order valence-electron chi connectivity index (χ1n) is 11.5. The minimum atomic E-state index is -0.662. The molecule has 0 aromatic carbocycles. The minimum Gasteiger partial charge on any atom is -0.469 e. The van der Waals surface area contributed by atoms with E-state index in [0.717, 1.165) is 64.2 Å². The van der Waals surface area contributed by atoms with Crippen LogP contribution >= 0.6 is 0 Å². The largest absolute Gasteiger partial charge is 0.469 e. The van der Waals surface area contributed by atoms with Crippen molar-refractivity contribution in [2.45, 2.75) is 103 Å². The Morgan fingerprint density at radius 2 is 1.93 bits per heavy atom. The molecule has 0 radical (unpaired) electrons. The molecule has 160 valence electrons. The van der Waals surface area contributed by atoms with E-state index in [1.807, 2.05) is 0 Å². The molecule has 0 aromatic heterocycles. The van der Waals surface area contributed by atoms with Crippen LogP contribution in [0.4, 0.5) is 0 Å². The van der Waals surface area contributed by atoms with Gasteiger partial charge in [0, 0.05) is 18.3 Å². The molecule has 3 saturated carbocycles. The molecule has 0 amide bonds. The van der Waals surface area contributed by atoms with Crippen molar-refractivity contribution in [1.29, 1.82) is 0 Å². The van der Waals surface area contributed by atoms with Gasteiger partial charge < -0.3 is 9.84 Å². The van der Waals surface area contributed by atoms with Crippen LogP contribution in [0.15, 0.2) is 0 Å². The monoisotopic (exact) mass is 392 g/mol. The fraction of sp³-hybridized carbons (Fsp3) is 0.917. The van der Waals surface area contributed by atoms with Crippen LogP contribution in [0.1, 0.15) is 97.8 Å². The number of esters is 1. The molecule has 0 aromatic rings. The fourth-order valence-corrected chi connectivity index (χ4v) is 7.26. The number of methoxy groups -OCH3 is 1. The molecule has 0 unspecified atom stereocenters. The Labute approximate surface area is 170 Å². The second kappa shape index (κ2) is 8.08. The van der Waals surface area contributed by atoms with E-state index in [9.17, 15) is 14.7 Å². The standard InChI is InChI=1S/C24H40O4/c1-5-6-7-12-24(27)15-17-18(22(2,16-24)13-11-21(26)28-4)10-14-23(3)19(17)8-9-20(23)25/h17-19,27H,5-16H2,1-4H3/t17-,18+,19+,22+,23+,24-/m1/s1. The van der Waals surface area contributed by atoms with Gasteiger partial charge in [-0.1, -0.05) is 40.0 Å². The molecule has 0 saturated heterocycles. The molecular weight excluding hydrogens is 352 g/mol. The molecule has 1 N–H and O–H groups in total. The zero-order valence-corrected chi connectivity index (χ0v) is 18.4. The number of rotatable bonds is 7. The van der Waals surface area contributed by atoms with E-state index < -0.39 is 5.60 Å². The van der Waals surface area contributed by atoms with Gasteiger partial charge in [-0.25, -0.2) is 0 Å². The average molecular weight is 393 g/mol. The number of ether oxygens (including phenoxy) is 1. The van der Waals surface area contributed by atoms with Gasteiger partial charge in [0.2, 0.25) is 0 Å². The summed E-state index contributed by atoms with van der Waals surface area (Å²) >= 11 is 0. The number of fused-ring (bicyclic) bond motifs is 3. The summed E-state index contributed by atoms with van der Waals surface area (Å²) < 4.78 is 4.91. The highest BCUT2D eigenvalue weighted by atomic mass is 16.5. The summed E-state index contributed by atoms with van der Waals surface area (Å²) in [5.41, 5.74) is -0.914. The third-order valence-electron chi connectivity index (χ3n) is 8.76. The van der Waals surface area contributed by atoms with Gasteiger partial charge in [-0.3, -0.25) is 9.59 Å². The van der Waals surface area contributed by atoms with E-state index in [-0.39, 0.29) is 16.8 Å². The summed E-state index contributed by atoms with van der Waals surface area (Å²) in [6, 6.07) is 0. The quantitative estimate of drug-likeness (QED) is 0.486. The Kier molecular flexibility index (Phi) is 6.29. The third kappa shape index (κ3) is 3.91. The molecule has 3 aliphatic carbocycles. The van der Waals surface area contributed by atoms with E-state index in [0.29, 0.717) is 36.4 Å². The Balaban J connectivity index is 1.87.